The minimum Gasteiger partial charge on any atom is -0.356 e. The Hall–Kier alpha value is -1.58. The van der Waals surface area contributed by atoms with Gasteiger partial charge >= 0.3 is 0 Å². The Balaban J connectivity index is 2.04. The van der Waals surface area contributed by atoms with E-state index >= 15 is 0 Å². The number of piperidine rings is 1. The molecule has 2 aromatic rings. The Morgan fingerprint density at radius 2 is 2.24 bits per heavy atom. The van der Waals surface area contributed by atoms with Gasteiger partial charge in [-0.05, 0) is 24.8 Å². The topological polar surface area (TPSA) is 34.0 Å². The van der Waals surface area contributed by atoms with Crippen LogP contribution in [0.15, 0.2) is 18.6 Å². The lowest BCUT2D eigenvalue weighted by atomic mass is 10.0. The van der Waals surface area contributed by atoms with Gasteiger partial charge in [-0.15, -0.1) is 0 Å². The van der Waals surface area contributed by atoms with Crippen LogP contribution in [0.4, 0.5) is 5.82 Å². The van der Waals surface area contributed by atoms with Gasteiger partial charge in [-0.3, -0.25) is 0 Å². The van der Waals surface area contributed by atoms with Crippen LogP contribution in [0.2, 0.25) is 0 Å². The zero-order chi connectivity index (χ0) is 11.8. The lowest BCUT2D eigenvalue weighted by Gasteiger charge is -2.32. The summed E-state index contributed by atoms with van der Waals surface area (Å²) in [6.45, 7) is 4.54. The van der Waals surface area contributed by atoms with Gasteiger partial charge < -0.3 is 9.47 Å². The van der Waals surface area contributed by atoms with E-state index in [-0.39, 0.29) is 0 Å². The molecule has 1 atom stereocenters. The molecule has 1 unspecified atom stereocenters. The SMILES string of the molecule is CC1CCCN(c2ncnc3c2ccn3C)C1. The molecule has 0 amide bonds. The monoisotopic (exact) mass is 230 g/mol. The standard InChI is InChI=1S/C13H18N4/c1-10-4-3-6-17(8-10)13-11-5-7-16(2)12(11)14-9-15-13/h5,7,9-10H,3-4,6,8H2,1-2H3. The molecule has 3 heterocycles. The van der Waals surface area contributed by atoms with Crippen molar-refractivity contribution in [2.45, 2.75) is 19.8 Å². The fourth-order valence-corrected chi connectivity index (χ4v) is 2.70. The fraction of sp³-hybridized carbons (Fsp3) is 0.538. The van der Waals surface area contributed by atoms with Crippen LogP contribution in [0.3, 0.4) is 0 Å². The van der Waals surface area contributed by atoms with Crippen LogP contribution >= 0.6 is 0 Å². The maximum atomic E-state index is 4.48. The van der Waals surface area contributed by atoms with Gasteiger partial charge in [0, 0.05) is 26.3 Å². The third-order valence-electron chi connectivity index (χ3n) is 3.60. The normalized spacial score (nSPS) is 21.1. The third-order valence-corrected chi connectivity index (χ3v) is 3.60. The Bertz CT molecular complexity index is 531. The predicted octanol–water partition coefficient (Wildman–Crippen LogP) is 2.20. The summed E-state index contributed by atoms with van der Waals surface area (Å²) in [5.41, 5.74) is 1.02. The first kappa shape index (κ1) is 10.6. The third kappa shape index (κ3) is 1.77. The largest absolute Gasteiger partial charge is 0.356 e. The number of rotatable bonds is 1. The van der Waals surface area contributed by atoms with Crippen molar-refractivity contribution in [3.8, 4) is 0 Å². The maximum absolute atomic E-state index is 4.48. The molecule has 4 nitrogen and oxygen atoms in total. The second-order valence-electron chi connectivity index (χ2n) is 5.05. The highest BCUT2D eigenvalue weighted by molar-refractivity contribution is 5.87. The molecule has 90 valence electrons. The average molecular weight is 230 g/mol. The molecule has 0 N–H and O–H groups in total. The number of hydrogen-bond donors (Lipinski definition) is 0. The second-order valence-corrected chi connectivity index (χ2v) is 5.05. The summed E-state index contributed by atoms with van der Waals surface area (Å²) in [5, 5.41) is 1.17. The molecule has 0 aromatic carbocycles. The predicted molar refractivity (Wildman–Crippen MR) is 69.1 cm³/mol. The number of aryl methyl sites for hydroxylation is 1. The van der Waals surface area contributed by atoms with E-state index in [0.29, 0.717) is 0 Å². The minimum absolute atomic E-state index is 0.762. The summed E-state index contributed by atoms with van der Waals surface area (Å²) >= 11 is 0. The average Bonchev–Trinajstić information content (AvgIpc) is 2.71. The zero-order valence-electron chi connectivity index (χ0n) is 10.4. The summed E-state index contributed by atoms with van der Waals surface area (Å²) in [5.74, 6) is 1.86. The molecule has 0 bridgehead atoms. The number of nitrogens with zero attached hydrogens (tertiary/aromatic N) is 4. The Kier molecular flexibility index (Phi) is 2.50. The van der Waals surface area contributed by atoms with Crippen molar-refractivity contribution < 1.29 is 0 Å². The first-order valence-electron chi connectivity index (χ1n) is 6.26. The molecule has 4 heteroatoms. The highest BCUT2D eigenvalue weighted by Gasteiger charge is 2.20. The zero-order valence-corrected chi connectivity index (χ0v) is 10.4. The summed E-state index contributed by atoms with van der Waals surface area (Å²) in [6.07, 6.45) is 6.33. The number of aromatic nitrogens is 3. The fourth-order valence-electron chi connectivity index (χ4n) is 2.70. The summed E-state index contributed by atoms with van der Waals surface area (Å²) in [4.78, 5) is 11.2. The van der Waals surface area contributed by atoms with Gasteiger partial charge in [-0.1, -0.05) is 6.92 Å². The van der Waals surface area contributed by atoms with Gasteiger partial charge in [0.1, 0.15) is 17.8 Å². The number of hydrogen-bond acceptors (Lipinski definition) is 3. The summed E-state index contributed by atoms with van der Waals surface area (Å²) in [7, 11) is 2.03. The van der Waals surface area contributed by atoms with Crippen molar-refractivity contribution >= 4 is 16.9 Å². The van der Waals surface area contributed by atoms with E-state index in [0.717, 1.165) is 30.5 Å². The van der Waals surface area contributed by atoms with Crippen LogP contribution in [0.1, 0.15) is 19.8 Å². The highest BCUT2D eigenvalue weighted by Crippen LogP contribution is 2.27. The Morgan fingerprint density at radius 3 is 3.06 bits per heavy atom. The molecule has 0 aliphatic carbocycles. The van der Waals surface area contributed by atoms with Crippen LogP contribution in [0.25, 0.3) is 11.0 Å². The van der Waals surface area contributed by atoms with Crippen molar-refractivity contribution in [3.05, 3.63) is 18.6 Å². The second kappa shape index (κ2) is 4.02. The molecule has 1 fully saturated rings. The van der Waals surface area contributed by atoms with E-state index in [2.05, 4.69) is 34.1 Å². The molecule has 2 aromatic heterocycles. The minimum atomic E-state index is 0.762. The lowest BCUT2D eigenvalue weighted by molar-refractivity contribution is 0.445. The highest BCUT2D eigenvalue weighted by atomic mass is 15.2. The van der Waals surface area contributed by atoms with E-state index in [4.69, 9.17) is 0 Å². The van der Waals surface area contributed by atoms with Crippen LogP contribution in [-0.4, -0.2) is 27.6 Å². The van der Waals surface area contributed by atoms with Crippen molar-refractivity contribution in [1.29, 1.82) is 0 Å². The first-order valence-corrected chi connectivity index (χ1v) is 6.26. The molecule has 0 saturated carbocycles. The van der Waals surface area contributed by atoms with Crippen molar-refractivity contribution in [1.82, 2.24) is 14.5 Å². The van der Waals surface area contributed by atoms with E-state index in [1.54, 1.807) is 6.33 Å². The van der Waals surface area contributed by atoms with Crippen molar-refractivity contribution in [3.63, 3.8) is 0 Å². The maximum Gasteiger partial charge on any atom is 0.145 e. The van der Waals surface area contributed by atoms with Gasteiger partial charge in [0.05, 0.1) is 5.39 Å². The molecule has 1 saturated heterocycles. The molecule has 1 aliphatic rings. The van der Waals surface area contributed by atoms with Crippen LogP contribution in [0, 0.1) is 5.92 Å². The summed E-state index contributed by atoms with van der Waals surface area (Å²) in [6, 6.07) is 2.12. The number of fused-ring (bicyclic) bond motifs is 1. The van der Waals surface area contributed by atoms with Crippen molar-refractivity contribution in [2.24, 2.45) is 13.0 Å². The van der Waals surface area contributed by atoms with E-state index < -0.39 is 0 Å². The van der Waals surface area contributed by atoms with Crippen molar-refractivity contribution in [2.75, 3.05) is 18.0 Å². The van der Waals surface area contributed by atoms with Gasteiger partial charge in [-0.2, -0.15) is 0 Å². The van der Waals surface area contributed by atoms with E-state index in [1.807, 2.05) is 11.6 Å². The molecule has 3 rings (SSSR count). The van der Waals surface area contributed by atoms with Gasteiger partial charge in [0.2, 0.25) is 0 Å². The Morgan fingerprint density at radius 1 is 1.35 bits per heavy atom. The first-order chi connectivity index (χ1) is 8.25. The van der Waals surface area contributed by atoms with Crippen LogP contribution in [-0.2, 0) is 7.05 Å². The molecule has 0 radical (unpaired) electrons. The van der Waals surface area contributed by atoms with Crippen LogP contribution in [0.5, 0.6) is 0 Å². The van der Waals surface area contributed by atoms with E-state index in [9.17, 15) is 0 Å². The smallest absolute Gasteiger partial charge is 0.145 e. The van der Waals surface area contributed by atoms with Gasteiger partial charge in [0.15, 0.2) is 0 Å². The quantitative estimate of drug-likeness (QED) is 0.753. The molecule has 0 spiro atoms. The summed E-state index contributed by atoms with van der Waals surface area (Å²) < 4.78 is 2.05. The van der Waals surface area contributed by atoms with E-state index in [1.165, 1.54) is 18.2 Å². The molecular weight excluding hydrogens is 212 g/mol. The lowest BCUT2D eigenvalue weighted by Crippen LogP contribution is -2.34. The number of anilines is 1. The molecule has 1 aliphatic heterocycles. The molecule has 17 heavy (non-hydrogen) atoms. The van der Waals surface area contributed by atoms with Gasteiger partial charge in [-0.25, -0.2) is 9.97 Å². The van der Waals surface area contributed by atoms with Crippen LogP contribution < -0.4 is 4.90 Å². The Labute approximate surface area is 101 Å². The van der Waals surface area contributed by atoms with Gasteiger partial charge in [0.25, 0.3) is 0 Å². The molecular formula is C13H18N4.